The molecule has 1 N–H and O–H groups in total. The number of nitrogens with one attached hydrogen (secondary N) is 1. The standard InChI is InChI=1S/C17H17N3O2S/c1-13-3-9-17(10-4-13)23(21,22)19-16-7-5-14(6-8-16)15-11-18-20(2)12-15/h3-12,19H,1-2H3. The summed E-state index contributed by atoms with van der Waals surface area (Å²) in [6.07, 6.45) is 3.68. The van der Waals surface area contributed by atoms with Gasteiger partial charge in [-0.1, -0.05) is 29.8 Å². The first kappa shape index (κ1) is 15.3. The van der Waals surface area contributed by atoms with Crippen molar-refractivity contribution < 1.29 is 8.42 Å². The van der Waals surface area contributed by atoms with Gasteiger partial charge in [-0.05, 0) is 36.8 Å². The number of hydrogen-bond donors (Lipinski definition) is 1. The summed E-state index contributed by atoms with van der Waals surface area (Å²) in [5, 5.41) is 4.13. The molecule has 0 fully saturated rings. The van der Waals surface area contributed by atoms with Crippen LogP contribution in [-0.2, 0) is 17.1 Å². The summed E-state index contributed by atoms with van der Waals surface area (Å²) in [4.78, 5) is 0.249. The van der Waals surface area contributed by atoms with Crippen LogP contribution in [0.5, 0.6) is 0 Å². The molecule has 0 radical (unpaired) electrons. The molecule has 1 heterocycles. The van der Waals surface area contributed by atoms with E-state index in [4.69, 9.17) is 0 Å². The molecule has 0 amide bonds. The lowest BCUT2D eigenvalue weighted by molar-refractivity contribution is 0.601. The van der Waals surface area contributed by atoms with Gasteiger partial charge in [0.15, 0.2) is 0 Å². The van der Waals surface area contributed by atoms with Gasteiger partial charge in [-0.15, -0.1) is 0 Å². The van der Waals surface area contributed by atoms with Gasteiger partial charge in [-0.25, -0.2) is 8.42 Å². The predicted molar refractivity (Wildman–Crippen MR) is 90.6 cm³/mol. The number of rotatable bonds is 4. The van der Waals surface area contributed by atoms with Gasteiger partial charge in [0.05, 0.1) is 11.1 Å². The highest BCUT2D eigenvalue weighted by atomic mass is 32.2. The van der Waals surface area contributed by atoms with E-state index >= 15 is 0 Å². The molecule has 0 aliphatic carbocycles. The molecule has 5 nitrogen and oxygen atoms in total. The van der Waals surface area contributed by atoms with Crippen molar-refractivity contribution in [2.75, 3.05) is 4.72 Å². The Labute approximate surface area is 135 Å². The Morgan fingerprint density at radius 2 is 1.61 bits per heavy atom. The molecule has 0 bridgehead atoms. The quantitative estimate of drug-likeness (QED) is 0.800. The number of benzene rings is 2. The maximum Gasteiger partial charge on any atom is 0.261 e. The lowest BCUT2D eigenvalue weighted by Crippen LogP contribution is -2.12. The van der Waals surface area contributed by atoms with E-state index in [1.54, 1.807) is 47.3 Å². The zero-order valence-electron chi connectivity index (χ0n) is 12.9. The van der Waals surface area contributed by atoms with Crippen LogP contribution >= 0.6 is 0 Å². The normalized spacial score (nSPS) is 11.4. The summed E-state index contributed by atoms with van der Waals surface area (Å²) < 4.78 is 29.0. The molecule has 23 heavy (non-hydrogen) atoms. The van der Waals surface area contributed by atoms with Crippen LogP contribution in [0.2, 0.25) is 0 Å². The maximum absolute atomic E-state index is 12.3. The molecule has 6 heteroatoms. The first-order valence-corrected chi connectivity index (χ1v) is 8.61. The molecule has 3 rings (SSSR count). The van der Waals surface area contributed by atoms with Crippen LogP contribution in [0.3, 0.4) is 0 Å². The molecular weight excluding hydrogens is 310 g/mol. The van der Waals surface area contributed by atoms with Crippen LogP contribution in [0.1, 0.15) is 5.56 Å². The van der Waals surface area contributed by atoms with Crippen LogP contribution < -0.4 is 4.72 Å². The van der Waals surface area contributed by atoms with E-state index in [1.165, 1.54) is 0 Å². The number of aryl methyl sites for hydroxylation is 2. The minimum Gasteiger partial charge on any atom is -0.280 e. The van der Waals surface area contributed by atoms with Crippen molar-refractivity contribution in [3.05, 3.63) is 66.5 Å². The largest absolute Gasteiger partial charge is 0.280 e. The molecule has 3 aromatic rings. The van der Waals surface area contributed by atoms with Crippen LogP contribution in [0.25, 0.3) is 11.1 Å². The molecule has 0 unspecified atom stereocenters. The molecule has 0 saturated heterocycles. The first-order valence-electron chi connectivity index (χ1n) is 7.13. The summed E-state index contributed by atoms with van der Waals surface area (Å²) in [5.41, 5.74) is 3.51. The van der Waals surface area contributed by atoms with E-state index in [1.807, 2.05) is 32.3 Å². The van der Waals surface area contributed by atoms with Crippen molar-refractivity contribution in [2.45, 2.75) is 11.8 Å². The van der Waals surface area contributed by atoms with Gasteiger partial charge in [0.25, 0.3) is 10.0 Å². The van der Waals surface area contributed by atoms with E-state index in [2.05, 4.69) is 9.82 Å². The summed E-state index contributed by atoms with van der Waals surface area (Å²) in [7, 11) is -1.72. The number of hydrogen-bond acceptors (Lipinski definition) is 3. The van der Waals surface area contributed by atoms with Crippen molar-refractivity contribution >= 4 is 15.7 Å². The highest BCUT2D eigenvalue weighted by molar-refractivity contribution is 7.92. The molecule has 1 aromatic heterocycles. The summed E-state index contributed by atoms with van der Waals surface area (Å²) in [6.45, 7) is 1.92. The number of sulfonamides is 1. The highest BCUT2D eigenvalue weighted by Crippen LogP contribution is 2.22. The SMILES string of the molecule is Cc1ccc(S(=O)(=O)Nc2ccc(-c3cnn(C)c3)cc2)cc1. The van der Waals surface area contributed by atoms with Gasteiger partial charge < -0.3 is 0 Å². The number of nitrogens with zero attached hydrogens (tertiary/aromatic N) is 2. The molecule has 0 saturated carbocycles. The Morgan fingerprint density at radius 3 is 2.17 bits per heavy atom. The molecule has 0 spiro atoms. The molecule has 118 valence electrons. The Hall–Kier alpha value is -2.60. The lowest BCUT2D eigenvalue weighted by atomic mass is 10.1. The van der Waals surface area contributed by atoms with Crippen molar-refractivity contribution in [3.63, 3.8) is 0 Å². The van der Waals surface area contributed by atoms with Gasteiger partial charge in [0.1, 0.15) is 0 Å². The molecular formula is C17H17N3O2S. The van der Waals surface area contributed by atoms with Crippen LogP contribution in [0, 0.1) is 6.92 Å². The zero-order valence-corrected chi connectivity index (χ0v) is 13.7. The Morgan fingerprint density at radius 1 is 0.957 bits per heavy atom. The average molecular weight is 327 g/mol. The number of anilines is 1. The molecule has 0 atom stereocenters. The average Bonchev–Trinajstić information content (AvgIpc) is 2.95. The fraction of sp³-hybridized carbons (Fsp3) is 0.118. The van der Waals surface area contributed by atoms with Gasteiger partial charge in [-0.2, -0.15) is 5.10 Å². The molecule has 0 aliphatic rings. The van der Waals surface area contributed by atoms with Gasteiger partial charge in [-0.3, -0.25) is 9.40 Å². The van der Waals surface area contributed by atoms with Crippen LogP contribution in [-0.4, -0.2) is 18.2 Å². The summed E-state index contributed by atoms with van der Waals surface area (Å²) in [6, 6.07) is 14.0. The van der Waals surface area contributed by atoms with Crippen molar-refractivity contribution in [3.8, 4) is 11.1 Å². The van der Waals surface area contributed by atoms with Gasteiger partial charge in [0, 0.05) is 24.5 Å². The fourth-order valence-corrected chi connectivity index (χ4v) is 3.29. The van der Waals surface area contributed by atoms with E-state index in [-0.39, 0.29) is 4.90 Å². The highest BCUT2D eigenvalue weighted by Gasteiger charge is 2.13. The number of aromatic nitrogens is 2. The van der Waals surface area contributed by atoms with Crippen molar-refractivity contribution in [1.29, 1.82) is 0 Å². The fourth-order valence-electron chi connectivity index (χ4n) is 2.23. The zero-order chi connectivity index (χ0) is 16.4. The molecule has 2 aromatic carbocycles. The Bertz CT molecular complexity index is 911. The lowest BCUT2D eigenvalue weighted by Gasteiger charge is -2.09. The second-order valence-electron chi connectivity index (χ2n) is 5.40. The summed E-state index contributed by atoms with van der Waals surface area (Å²) >= 11 is 0. The first-order chi connectivity index (χ1) is 10.9. The third-order valence-corrected chi connectivity index (χ3v) is 4.90. The smallest absolute Gasteiger partial charge is 0.261 e. The minimum atomic E-state index is -3.57. The van der Waals surface area contributed by atoms with Crippen molar-refractivity contribution in [2.24, 2.45) is 7.05 Å². The topological polar surface area (TPSA) is 64.0 Å². The monoisotopic (exact) mass is 327 g/mol. The second kappa shape index (κ2) is 5.89. The third-order valence-electron chi connectivity index (χ3n) is 3.51. The minimum absolute atomic E-state index is 0.249. The van der Waals surface area contributed by atoms with E-state index in [0.717, 1.165) is 16.7 Å². The van der Waals surface area contributed by atoms with Crippen LogP contribution in [0.4, 0.5) is 5.69 Å². The Balaban J connectivity index is 1.81. The van der Waals surface area contributed by atoms with Gasteiger partial charge in [0.2, 0.25) is 0 Å². The second-order valence-corrected chi connectivity index (χ2v) is 7.08. The van der Waals surface area contributed by atoms with E-state index < -0.39 is 10.0 Å². The summed E-state index contributed by atoms with van der Waals surface area (Å²) in [5.74, 6) is 0. The van der Waals surface area contributed by atoms with E-state index in [9.17, 15) is 8.42 Å². The van der Waals surface area contributed by atoms with E-state index in [0.29, 0.717) is 5.69 Å². The predicted octanol–water partition coefficient (Wildman–Crippen LogP) is 3.20. The molecule has 0 aliphatic heterocycles. The van der Waals surface area contributed by atoms with Crippen molar-refractivity contribution in [1.82, 2.24) is 9.78 Å². The van der Waals surface area contributed by atoms with Crippen LogP contribution in [0.15, 0.2) is 65.8 Å². The maximum atomic E-state index is 12.3. The van der Waals surface area contributed by atoms with Gasteiger partial charge >= 0.3 is 0 Å². The third kappa shape index (κ3) is 3.43. The Kier molecular flexibility index (Phi) is 3.92.